The Balaban J connectivity index is 2.81. The predicted molar refractivity (Wildman–Crippen MR) is 75.6 cm³/mol. The Hall–Kier alpha value is -1.88. The van der Waals surface area contributed by atoms with Crippen LogP contribution in [0.2, 0.25) is 0 Å². The number of hydrogen-bond donors (Lipinski definition) is 2. The minimum Gasteiger partial charge on any atom is -0.479 e. The van der Waals surface area contributed by atoms with E-state index >= 15 is 0 Å². The molecule has 5 nitrogen and oxygen atoms in total. The lowest BCUT2D eigenvalue weighted by atomic mass is 9.81. The highest BCUT2D eigenvalue weighted by Gasteiger charge is 2.31. The van der Waals surface area contributed by atoms with Gasteiger partial charge >= 0.3 is 5.97 Å². The van der Waals surface area contributed by atoms with Crippen LogP contribution in [0.1, 0.15) is 25.0 Å². The molecule has 0 saturated carbocycles. The second-order valence-corrected chi connectivity index (χ2v) is 5.21. The highest BCUT2D eigenvalue weighted by Crippen LogP contribution is 2.26. The first-order chi connectivity index (χ1) is 9.30. The van der Waals surface area contributed by atoms with Crippen LogP contribution in [0.5, 0.6) is 0 Å². The number of aliphatic carboxylic acids is 1. The summed E-state index contributed by atoms with van der Waals surface area (Å²) in [6.45, 7) is 5.51. The molecule has 0 aliphatic heterocycles. The molecule has 1 atom stereocenters. The van der Waals surface area contributed by atoms with Gasteiger partial charge in [0, 0.05) is 7.11 Å². The summed E-state index contributed by atoms with van der Waals surface area (Å²) >= 11 is 0. The average molecular weight is 279 g/mol. The van der Waals surface area contributed by atoms with E-state index in [9.17, 15) is 9.59 Å². The number of amides is 1. The quantitative estimate of drug-likeness (QED) is 0.827. The van der Waals surface area contributed by atoms with Crippen LogP contribution in [-0.2, 0) is 19.7 Å². The zero-order chi connectivity index (χ0) is 15.3. The van der Waals surface area contributed by atoms with Crippen LogP contribution < -0.4 is 5.32 Å². The van der Waals surface area contributed by atoms with Crippen molar-refractivity contribution in [1.82, 2.24) is 5.32 Å². The molecular formula is C15H21NO4. The third-order valence-electron chi connectivity index (χ3n) is 3.39. The van der Waals surface area contributed by atoms with E-state index in [4.69, 9.17) is 9.84 Å². The van der Waals surface area contributed by atoms with E-state index in [1.165, 1.54) is 7.11 Å². The smallest absolute Gasteiger partial charge is 0.334 e. The molecule has 0 bridgehead atoms. The molecule has 1 rings (SSSR count). The van der Waals surface area contributed by atoms with Gasteiger partial charge in [0.05, 0.1) is 12.0 Å². The van der Waals surface area contributed by atoms with Crippen molar-refractivity contribution in [3.8, 4) is 0 Å². The number of nitrogens with one attached hydrogen (secondary N) is 1. The van der Waals surface area contributed by atoms with E-state index in [1.54, 1.807) is 0 Å². The second kappa shape index (κ2) is 6.52. The summed E-state index contributed by atoms with van der Waals surface area (Å²) in [5.74, 6) is -1.32. The standard InChI is InChI=1S/C15H21NO4/c1-10-7-5-6-8-11(10)15(2,3)14(19)16-9-12(20-4)13(17)18/h5-8,12H,9H2,1-4H3,(H,16,19)(H,17,18). The molecule has 0 heterocycles. The number of aryl methyl sites for hydroxylation is 1. The molecular weight excluding hydrogens is 258 g/mol. The number of benzene rings is 1. The van der Waals surface area contributed by atoms with Crippen molar-refractivity contribution in [3.63, 3.8) is 0 Å². The molecule has 0 aromatic heterocycles. The highest BCUT2D eigenvalue weighted by atomic mass is 16.5. The molecule has 1 aromatic carbocycles. The van der Waals surface area contributed by atoms with Crippen LogP contribution in [0.3, 0.4) is 0 Å². The molecule has 2 N–H and O–H groups in total. The lowest BCUT2D eigenvalue weighted by Crippen LogP contribution is -2.45. The van der Waals surface area contributed by atoms with Crippen LogP contribution in [0.4, 0.5) is 0 Å². The molecule has 0 saturated heterocycles. The average Bonchev–Trinajstić information content (AvgIpc) is 2.39. The molecule has 1 amide bonds. The topological polar surface area (TPSA) is 75.6 Å². The molecule has 1 aromatic rings. The molecule has 20 heavy (non-hydrogen) atoms. The molecule has 0 aliphatic rings. The lowest BCUT2D eigenvalue weighted by Gasteiger charge is -2.26. The summed E-state index contributed by atoms with van der Waals surface area (Å²) in [5.41, 5.74) is 1.21. The minimum atomic E-state index is -1.10. The summed E-state index contributed by atoms with van der Waals surface area (Å²) in [5, 5.41) is 11.5. The van der Waals surface area contributed by atoms with E-state index in [0.29, 0.717) is 0 Å². The van der Waals surface area contributed by atoms with Gasteiger partial charge < -0.3 is 15.2 Å². The largest absolute Gasteiger partial charge is 0.479 e. The Morgan fingerprint density at radius 3 is 2.45 bits per heavy atom. The fourth-order valence-electron chi connectivity index (χ4n) is 2.07. The summed E-state index contributed by atoms with van der Waals surface area (Å²) in [4.78, 5) is 23.1. The van der Waals surface area contributed by atoms with E-state index in [0.717, 1.165) is 11.1 Å². The molecule has 0 fully saturated rings. The maximum atomic E-state index is 12.3. The zero-order valence-corrected chi connectivity index (χ0v) is 12.3. The predicted octanol–water partition coefficient (Wildman–Crippen LogP) is 1.49. The van der Waals surface area contributed by atoms with Gasteiger partial charge in [-0.25, -0.2) is 4.79 Å². The van der Waals surface area contributed by atoms with Crippen molar-refractivity contribution >= 4 is 11.9 Å². The Bertz CT molecular complexity index is 496. The lowest BCUT2D eigenvalue weighted by molar-refractivity contribution is -0.148. The molecule has 0 aliphatic carbocycles. The molecule has 1 unspecified atom stereocenters. The van der Waals surface area contributed by atoms with E-state index in [2.05, 4.69) is 5.32 Å². The molecule has 5 heteroatoms. The maximum absolute atomic E-state index is 12.3. The first kappa shape index (κ1) is 16.2. The van der Waals surface area contributed by atoms with Gasteiger partial charge in [0.1, 0.15) is 0 Å². The number of ether oxygens (including phenoxy) is 1. The van der Waals surface area contributed by atoms with Crippen molar-refractivity contribution in [3.05, 3.63) is 35.4 Å². The summed E-state index contributed by atoms with van der Waals surface area (Å²) in [6.07, 6.45) is -1.04. The third-order valence-corrected chi connectivity index (χ3v) is 3.39. The molecule has 0 radical (unpaired) electrons. The number of carbonyl (C=O) groups excluding carboxylic acids is 1. The maximum Gasteiger partial charge on any atom is 0.334 e. The van der Waals surface area contributed by atoms with Crippen LogP contribution in [0, 0.1) is 6.92 Å². The zero-order valence-electron chi connectivity index (χ0n) is 12.3. The van der Waals surface area contributed by atoms with Crippen molar-refractivity contribution in [2.75, 3.05) is 13.7 Å². The fraction of sp³-hybridized carbons (Fsp3) is 0.467. The summed E-state index contributed by atoms with van der Waals surface area (Å²) in [6, 6.07) is 7.64. The Morgan fingerprint density at radius 2 is 1.95 bits per heavy atom. The Morgan fingerprint density at radius 1 is 1.35 bits per heavy atom. The second-order valence-electron chi connectivity index (χ2n) is 5.21. The van der Waals surface area contributed by atoms with Gasteiger partial charge in [-0.3, -0.25) is 4.79 Å². The van der Waals surface area contributed by atoms with Crippen molar-refractivity contribution in [2.45, 2.75) is 32.3 Å². The number of hydrogen-bond acceptors (Lipinski definition) is 3. The monoisotopic (exact) mass is 279 g/mol. The van der Waals surface area contributed by atoms with E-state index in [-0.39, 0.29) is 12.5 Å². The first-order valence-electron chi connectivity index (χ1n) is 6.40. The van der Waals surface area contributed by atoms with Gasteiger partial charge in [0.25, 0.3) is 0 Å². The van der Waals surface area contributed by atoms with E-state index in [1.807, 2.05) is 45.0 Å². The van der Waals surface area contributed by atoms with Crippen LogP contribution in [-0.4, -0.2) is 36.7 Å². The summed E-state index contributed by atoms with van der Waals surface area (Å²) < 4.78 is 4.79. The van der Waals surface area contributed by atoms with Gasteiger partial charge in [-0.1, -0.05) is 24.3 Å². The van der Waals surface area contributed by atoms with Gasteiger partial charge in [-0.2, -0.15) is 0 Å². The van der Waals surface area contributed by atoms with Gasteiger partial charge in [0.15, 0.2) is 6.10 Å². The number of carbonyl (C=O) groups is 2. The molecule has 0 spiro atoms. The first-order valence-corrected chi connectivity index (χ1v) is 6.40. The van der Waals surface area contributed by atoms with Crippen LogP contribution in [0.15, 0.2) is 24.3 Å². The number of carboxylic acids is 1. The Kier molecular flexibility index (Phi) is 5.27. The van der Waals surface area contributed by atoms with Gasteiger partial charge in [-0.15, -0.1) is 0 Å². The third kappa shape index (κ3) is 3.57. The van der Waals surface area contributed by atoms with Gasteiger partial charge in [-0.05, 0) is 31.9 Å². The van der Waals surface area contributed by atoms with Crippen molar-refractivity contribution < 1.29 is 19.4 Å². The van der Waals surface area contributed by atoms with Crippen molar-refractivity contribution in [1.29, 1.82) is 0 Å². The van der Waals surface area contributed by atoms with Crippen LogP contribution in [0.25, 0.3) is 0 Å². The fourth-order valence-corrected chi connectivity index (χ4v) is 2.07. The minimum absolute atomic E-state index is 0.0556. The van der Waals surface area contributed by atoms with E-state index < -0.39 is 17.5 Å². The van der Waals surface area contributed by atoms with Crippen molar-refractivity contribution in [2.24, 2.45) is 0 Å². The number of methoxy groups -OCH3 is 1. The number of rotatable bonds is 6. The Labute approximate surface area is 118 Å². The number of carboxylic acid groups (broad SMARTS) is 1. The van der Waals surface area contributed by atoms with Gasteiger partial charge in [0.2, 0.25) is 5.91 Å². The highest BCUT2D eigenvalue weighted by molar-refractivity contribution is 5.88. The van der Waals surface area contributed by atoms with Crippen LogP contribution >= 0.6 is 0 Å². The molecule has 110 valence electrons. The SMILES string of the molecule is COC(CNC(=O)C(C)(C)c1ccccc1C)C(=O)O. The normalized spacial score (nSPS) is 12.8. The summed E-state index contributed by atoms with van der Waals surface area (Å²) in [7, 11) is 1.30.